The molecule has 1 atom stereocenters. The van der Waals surface area contributed by atoms with E-state index in [9.17, 15) is 4.79 Å². The first kappa shape index (κ1) is 12.6. The van der Waals surface area contributed by atoms with E-state index in [0.29, 0.717) is 11.1 Å². The monoisotopic (exact) mass is 262 g/mol. The fourth-order valence-corrected chi connectivity index (χ4v) is 3.31. The van der Waals surface area contributed by atoms with Gasteiger partial charge in [-0.15, -0.1) is 0 Å². The van der Waals surface area contributed by atoms with Crippen LogP contribution in [0.4, 0.5) is 0 Å². The molecule has 0 saturated heterocycles. The molecule has 0 spiro atoms. The van der Waals surface area contributed by atoms with Crippen LogP contribution in [-0.4, -0.2) is 5.78 Å². The molecule has 0 bridgehead atoms. The third-order valence-corrected chi connectivity index (χ3v) is 4.36. The van der Waals surface area contributed by atoms with Crippen molar-refractivity contribution in [1.82, 2.24) is 0 Å². The topological polar surface area (TPSA) is 64.7 Å². The average Bonchev–Trinajstić information content (AvgIpc) is 2.71. The lowest BCUT2D eigenvalue weighted by atomic mass is 9.87. The Labute approximate surface area is 118 Å². The lowest BCUT2D eigenvalue weighted by Gasteiger charge is -2.17. The van der Waals surface area contributed by atoms with Crippen LogP contribution in [-0.2, 0) is 12.8 Å². The minimum Gasteiger partial charge on any atom is -0.293 e. The van der Waals surface area contributed by atoms with E-state index in [1.165, 1.54) is 17.5 Å². The molecule has 1 aromatic rings. The lowest BCUT2D eigenvalue weighted by Crippen LogP contribution is -2.06. The van der Waals surface area contributed by atoms with Gasteiger partial charge in [-0.2, -0.15) is 10.5 Å². The minimum absolute atomic E-state index is 0.0337. The van der Waals surface area contributed by atoms with Gasteiger partial charge in [-0.3, -0.25) is 4.79 Å². The summed E-state index contributed by atoms with van der Waals surface area (Å²) in [6, 6.07) is 7.89. The standard InChI is InChI=1S/C17H14N2O/c1-10-16(13(8-18)9-19)14-6-11-4-2-3-5-12(11)7-15(14)17(10)20/h6-7,10H,2-5H2,1H3. The number of Topliss-reactive ketones (excluding diaryl/α,β-unsaturated/α-hetero) is 1. The highest BCUT2D eigenvalue weighted by Crippen LogP contribution is 2.41. The van der Waals surface area contributed by atoms with Gasteiger partial charge in [0.2, 0.25) is 0 Å². The van der Waals surface area contributed by atoms with Gasteiger partial charge in [-0.25, -0.2) is 0 Å². The summed E-state index contributed by atoms with van der Waals surface area (Å²) in [6.45, 7) is 1.78. The zero-order valence-corrected chi connectivity index (χ0v) is 11.4. The van der Waals surface area contributed by atoms with Gasteiger partial charge in [0.15, 0.2) is 5.78 Å². The maximum Gasteiger partial charge on any atom is 0.170 e. The van der Waals surface area contributed by atoms with Crippen molar-refractivity contribution in [3.8, 4) is 12.1 Å². The number of hydrogen-bond donors (Lipinski definition) is 0. The molecule has 20 heavy (non-hydrogen) atoms. The number of benzene rings is 1. The molecule has 0 aromatic heterocycles. The average molecular weight is 262 g/mol. The summed E-state index contributed by atoms with van der Waals surface area (Å²) in [5.41, 5.74) is 4.71. The first-order chi connectivity index (χ1) is 9.67. The Morgan fingerprint density at radius 3 is 2.20 bits per heavy atom. The number of hydrogen-bond acceptors (Lipinski definition) is 3. The lowest BCUT2D eigenvalue weighted by molar-refractivity contribution is 0.0965. The molecular weight excluding hydrogens is 248 g/mol. The Morgan fingerprint density at radius 2 is 1.65 bits per heavy atom. The Morgan fingerprint density at radius 1 is 1.10 bits per heavy atom. The van der Waals surface area contributed by atoms with E-state index in [1.807, 2.05) is 24.3 Å². The van der Waals surface area contributed by atoms with Crippen molar-refractivity contribution in [2.45, 2.75) is 32.6 Å². The predicted octanol–water partition coefficient (Wildman–Crippen LogP) is 3.20. The molecule has 2 aliphatic rings. The fourth-order valence-electron chi connectivity index (χ4n) is 3.31. The van der Waals surface area contributed by atoms with Crippen molar-refractivity contribution < 1.29 is 4.79 Å². The smallest absolute Gasteiger partial charge is 0.170 e. The van der Waals surface area contributed by atoms with E-state index in [4.69, 9.17) is 10.5 Å². The van der Waals surface area contributed by atoms with Crippen molar-refractivity contribution >= 4 is 11.4 Å². The Hall–Kier alpha value is -2.39. The van der Waals surface area contributed by atoms with E-state index < -0.39 is 0 Å². The number of nitriles is 2. The molecule has 0 N–H and O–H groups in total. The predicted molar refractivity (Wildman–Crippen MR) is 74.7 cm³/mol. The molecule has 0 fully saturated rings. The molecule has 3 heteroatoms. The van der Waals surface area contributed by atoms with Crippen molar-refractivity contribution in [2.24, 2.45) is 5.92 Å². The number of fused-ring (bicyclic) bond motifs is 2. The second kappa shape index (κ2) is 4.62. The Balaban J connectivity index is 2.28. The fraction of sp³-hybridized carbons (Fsp3) is 0.353. The quantitative estimate of drug-likeness (QED) is 0.674. The number of nitrogens with zero attached hydrogens (tertiary/aromatic N) is 2. The summed E-state index contributed by atoms with van der Waals surface area (Å²) < 4.78 is 0. The number of carbonyl (C=O) groups is 1. The van der Waals surface area contributed by atoms with E-state index >= 15 is 0 Å². The molecule has 0 radical (unpaired) electrons. The number of aryl methyl sites for hydroxylation is 2. The Kier molecular flexibility index (Phi) is 2.92. The SMILES string of the molecule is CC1C(=O)c2cc3c(cc2C1=C(C#N)C#N)CCCC3. The zero-order valence-electron chi connectivity index (χ0n) is 11.4. The van der Waals surface area contributed by atoms with Crippen LogP contribution in [0.5, 0.6) is 0 Å². The van der Waals surface area contributed by atoms with Gasteiger partial charge in [-0.1, -0.05) is 13.0 Å². The second-order valence-corrected chi connectivity index (χ2v) is 5.47. The highest BCUT2D eigenvalue weighted by atomic mass is 16.1. The number of ketones is 1. The highest BCUT2D eigenvalue weighted by molar-refractivity contribution is 6.15. The summed E-state index contributed by atoms with van der Waals surface area (Å²) in [5.74, 6) is -0.352. The van der Waals surface area contributed by atoms with Gasteiger partial charge in [0.25, 0.3) is 0 Å². The maximum absolute atomic E-state index is 12.4. The Bertz CT molecular complexity index is 713. The summed E-state index contributed by atoms with van der Waals surface area (Å²) >= 11 is 0. The van der Waals surface area contributed by atoms with Crippen LogP contribution in [0, 0.1) is 28.6 Å². The normalized spacial score (nSPS) is 19.9. The van der Waals surface area contributed by atoms with Crippen molar-refractivity contribution in [1.29, 1.82) is 10.5 Å². The molecule has 2 aliphatic carbocycles. The van der Waals surface area contributed by atoms with Crippen LogP contribution < -0.4 is 0 Å². The van der Waals surface area contributed by atoms with Gasteiger partial charge in [-0.05, 0) is 54.0 Å². The van der Waals surface area contributed by atoms with Crippen LogP contribution in [0.2, 0.25) is 0 Å². The summed E-state index contributed by atoms with van der Waals surface area (Å²) in [6.07, 6.45) is 4.37. The van der Waals surface area contributed by atoms with Crippen LogP contribution >= 0.6 is 0 Å². The summed E-state index contributed by atoms with van der Waals surface area (Å²) in [5, 5.41) is 18.2. The third kappa shape index (κ3) is 1.67. The van der Waals surface area contributed by atoms with E-state index in [-0.39, 0.29) is 17.3 Å². The summed E-state index contributed by atoms with van der Waals surface area (Å²) in [4.78, 5) is 12.4. The molecule has 0 amide bonds. The molecule has 0 heterocycles. The maximum atomic E-state index is 12.4. The van der Waals surface area contributed by atoms with Crippen molar-refractivity contribution in [3.05, 3.63) is 40.0 Å². The van der Waals surface area contributed by atoms with E-state index in [1.54, 1.807) is 6.92 Å². The molecule has 3 nitrogen and oxygen atoms in total. The molecule has 1 unspecified atom stereocenters. The first-order valence-corrected chi connectivity index (χ1v) is 6.92. The van der Waals surface area contributed by atoms with E-state index in [0.717, 1.165) is 24.8 Å². The number of rotatable bonds is 0. The van der Waals surface area contributed by atoms with Crippen LogP contribution in [0.3, 0.4) is 0 Å². The largest absolute Gasteiger partial charge is 0.293 e. The zero-order chi connectivity index (χ0) is 14.3. The number of carbonyl (C=O) groups excluding carboxylic acids is 1. The third-order valence-electron chi connectivity index (χ3n) is 4.36. The van der Waals surface area contributed by atoms with Crippen molar-refractivity contribution in [3.63, 3.8) is 0 Å². The van der Waals surface area contributed by atoms with Crippen LogP contribution in [0.25, 0.3) is 5.57 Å². The molecule has 0 saturated carbocycles. The molecule has 3 rings (SSSR count). The second-order valence-electron chi connectivity index (χ2n) is 5.47. The van der Waals surface area contributed by atoms with Gasteiger partial charge < -0.3 is 0 Å². The molecule has 1 aromatic carbocycles. The molecular formula is C17H14N2O. The van der Waals surface area contributed by atoms with Crippen LogP contribution in [0.15, 0.2) is 17.7 Å². The number of allylic oxidation sites excluding steroid dienone is 2. The van der Waals surface area contributed by atoms with Gasteiger partial charge in [0.05, 0.1) is 0 Å². The minimum atomic E-state index is -0.386. The van der Waals surface area contributed by atoms with E-state index in [2.05, 4.69) is 0 Å². The van der Waals surface area contributed by atoms with Crippen LogP contribution in [0.1, 0.15) is 46.8 Å². The van der Waals surface area contributed by atoms with Gasteiger partial charge >= 0.3 is 0 Å². The molecule has 0 aliphatic heterocycles. The molecule has 98 valence electrons. The summed E-state index contributed by atoms with van der Waals surface area (Å²) in [7, 11) is 0. The van der Waals surface area contributed by atoms with Gasteiger partial charge in [0, 0.05) is 11.5 Å². The van der Waals surface area contributed by atoms with Gasteiger partial charge in [0.1, 0.15) is 17.7 Å². The first-order valence-electron chi connectivity index (χ1n) is 6.92. The highest BCUT2D eigenvalue weighted by Gasteiger charge is 2.35. The van der Waals surface area contributed by atoms with Crippen molar-refractivity contribution in [2.75, 3.05) is 0 Å².